The molecule has 0 aromatic heterocycles. The van der Waals surface area contributed by atoms with Crippen molar-refractivity contribution < 1.29 is 13.6 Å². The number of benzene rings is 1. The Kier molecular flexibility index (Phi) is 6.96. The first-order valence-electron chi connectivity index (χ1n) is 15.0. The molecule has 5 heteroatoms. The zero-order chi connectivity index (χ0) is 27.8. The van der Waals surface area contributed by atoms with Gasteiger partial charge in [-0.15, -0.1) is 0 Å². The van der Waals surface area contributed by atoms with Crippen molar-refractivity contribution in [3.63, 3.8) is 0 Å². The summed E-state index contributed by atoms with van der Waals surface area (Å²) in [6, 6.07) is 10.9. The van der Waals surface area contributed by atoms with Gasteiger partial charge in [0, 0.05) is 18.3 Å². The van der Waals surface area contributed by atoms with Gasteiger partial charge in [-0.1, -0.05) is 83.2 Å². The molecule has 210 valence electrons. The quantitative estimate of drug-likeness (QED) is 0.261. The molecule has 4 aliphatic rings. The molecular weight excluding hydrogens is 501 g/mol. The van der Waals surface area contributed by atoms with Crippen LogP contribution in [-0.2, 0) is 13.6 Å². The zero-order valence-electron chi connectivity index (χ0n) is 25.7. The Hall–Kier alpha value is -0.986. The molecule has 0 unspecified atom stereocenters. The van der Waals surface area contributed by atoms with Crippen LogP contribution in [0.4, 0.5) is 0 Å². The summed E-state index contributed by atoms with van der Waals surface area (Å²) >= 11 is 0. The predicted molar refractivity (Wildman–Crippen MR) is 164 cm³/mol. The van der Waals surface area contributed by atoms with E-state index in [1.54, 1.807) is 0 Å². The molecule has 2 heterocycles. The van der Waals surface area contributed by atoms with Gasteiger partial charge in [0.15, 0.2) is 16.6 Å². The second-order valence-electron chi connectivity index (χ2n) is 15.5. The first kappa shape index (κ1) is 28.5. The maximum Gasteiger partial charge on any atom is 0.192 e. The van der Waals surface area contributed by atoms with E-state index < -0.39 is 16.6 Å². The molecule has 2 saturated heterocycles. The van der Waals surface area contributed by atoms with Gasteiger partial charge in [0.25, 0.3) is 0 Å². The second kappa shape index (κ2) is 9.27. The third kappa shape index (κ3) is 4.58. The average Bonchev–Trinajstić information content (AvgIpc) is 3.23. The molecule has 1 aromatic carbocycles. The van der Waals surface area contributed by atoms with Crippen molar-refractivity contribution in [2.75, 3.05) is 6.61 Å². The van der Waals surface area contributed by atoms with Gasteiger partial charge in [-0.25, -0.2) is 0 Å². The number of rotatable bonds is 6. The van der Waals surface area contributed by atoms with Crippen molar-refractivity contribution in [1.82, 2.24) is 0 Å². The summed E-state index contributed by atoms with van der Waals surface area (Å²) in [7, 11) is -3.85. The molecule has 3 fully saturated rings. The summed E-state index contributed by atoms with van der Waals surface area (Å²) in [5, 5.41) is 0.170. The van der Waals surface area contributed by atoms with Crippen LogP contribution in [0.2, 0.25) is 37.8 Å². The van der Waals surface area contributed by atoms with E-state index in [-0.39, 0.29) is 21.8 Å². The van der Waals surface area contributed by atoms with E-state index in [1.807, 2.05) is 0 Å². The minimum Gasteiger partial charge on any atom is -0.414 e. The zero-order valence-corrected chi connectivity index (χ0v) is 27.7. The molecule has 2 aliphatic carbocycles. The van der Waals surface area contributed by atoms with Gasteiger partial charge >= 0.3 is 0 Å². The second-order valence-corrected chi connectivity index (χ2v) is 24.8. The molecule has 0 radical (unpaired) electrons. The Balaban J connectivity index is 1.67. The van der Waals surface area contributed by atoms with Crippen LogP contribution in [0, 0.1) is 23.7 Å². The summed E-state index contributed by atoms with van der Waals surface area (Å²) in [4.78, 5) is 0. The maximum absolute atomic E-state index is 7.56. The molecule has 0 N–H and O–H groups in total. The first-order chi connectivity index (χ1) is 17.5. The Labute approximate surface area is 234 Å². The van der Waals surface area contributed by atoms with Crippen LogP contribution < -0.4 is 0 Å². The third-order valence-electron chi connectivity index (χ3n) is 10.6. The lowest BCUT2D eigenvalue weighted by Crippen LogP contribution is -2.66. The van der Waals surface area contributed by atoms with Gasteiger partial charge in [-0.3, -0.25) is 0 Å². The molecule has 1 aromatic rings. The lowest BCUT2D eigenvalue weighted by molar-refractivity contribution is -0.252. The van der Waals surface area contributed by atoms with E-state index in [2.05, 4.69) is 116 Å². The maximum atomic E-state index is 7.56. The summed E-state index contributed by atoms with van der Waals surface area (Å²) in [6.45, 7) is 24.4. The van der Waals surface area contributed by atoms with Crippen molar-refractivity contribution in [2.24, 2.45) is 23.7 Å². The van der Waals surface area contributed by atoms with Crippen LogP contribution >= 0.6 is 0 Å². The number of allylic oxidation sites excluding steroid dienone is 1. The SMILES string of the molecule is C[C@@H]1C[C@H]2[C@]34O[C@@](CO[Si](C)(C)C(C)(C)C)(C[C@H]3C=CC[C@H]4C)C[C@]2(O[Si](C)(C)C)C1=Cc1ccccc1. The molecular formula is C33H52O3Si2. The highest BCUT2D eigenvalue weighted by Gasteiger charge is 2.74. The minimum absolute atomic E-state index is 0.170. The molecule has 3 nitrogen and oxygen atoms in total. The normalized spacial score (nSPS) is 39.9. The molecule has 5 rings (SSSR count). The van der Waals surface area contributed by atoms with Crippen molar-refractivity contribution in [3.05, 3.63) is 53.6 Å². The van der Waals surface area contributed by atoms with Crippen LogP contribution in [0.25, 0.3) is 6.08 Å². The van der Waals surface area contributed by atoms with Gasteiger partial charge in [-0.2, -0.15) is 0 Å². The fourth-order valence-electron chi connectivity index (χ4n) is 8.06. The minimum atomic E-state index is -1.94. The number of fused-ring (bicyclic) bond motifs is 2. The fourth-order valence-corrected chi connectivity index (χ4v) is 10.5. The van der Waals surface area contributed by atoms with Gasteiger partial charge in [0.2, 0.25) is 0 Å². The Morgan fingerprint density at radius 2 is 1.74 bits per heavy atom. The largest absolute Gasteiger partial charge is 0.414 e. The highest BCUT2D eigenvalue weighted by molar-refractivity contribution is 6.74. The molecule has 2 aliphatic heterocycles. The molecule has 2 bridgehead atoms. The Morgan fingerprint density at radius 1 is 1.05 bits per heavy atom. The van der Waals surface area contributed by atoms with Crippen LogP contribution in [0.5, 0.6) is 0 Å². The number of ether oxygens (including phenoxy) is 1. The van der Waals surface area contributed by atoms with Crippen molar-refractivity contribution in [3.8, 4) is 0 Å². The van der Waals surface area contributed by atoms with Crippen molar-refractivity contribution >= 4 is 22.7 Å². The van der Waals surface area contributed by atoms with Gasteiger partial charge in [0.05, 0.1) is 23.4 Å². The van der Waals surface area contributed by atoms with Gasteiger partial charge < -0.3 is 13.6 Å². The lowest BCUT2D eigenvalue weighted by Gasteiger charge is -2.59. The van der Waals surface area contributed by atoms with Crippen LogP contribution in [0.1, 0.15) is 65.9 Å². The topological polar surface area (TPSA) is 27.7 Å². The standard InChI is InChI=1S/C33H52O3Si2/c1-24-19-29-32(36-37(6,7)8,28(24)20-26-16-12-11-13-17-26)22-31(23-34-38(9,10)30(3,4)5)21-27-18-14-15-25(2)33(27,29)35-31/h11-14,16-18,20,24-25,27,29H,15,19,21-23H2,1-10H3/t24-,25-,27-,29-,31+,32+,33-/m1/s1. The summed E-state index contributed by atoms with van der Waals surface area (Å²) < 4.78 is 22.1. The lowest BCUT2D eigenvalue weighted by atomic mass is 9.62. The number of hydrogen-bond acceptors (Lipinski definition) is 3. The molecule has 1 saturated carbocycles. The van der Waals surface area contributed by atoms with E-state index in [4.69, 9.17) is 13.6 Å². The van der Waals surface area contributed by atoms with E-state index >= 15 is 0 Å². The highest BCUT2D eigenvalue weighted by atomic mass is 28.4. The number of hydrogen-bond donors (Lipinski definition) is 0. The predicted octanol–water partition coefficient (Wildman–Crippen LogP) is 8.85. The van der Waals surface area contributed by atoms with Crippen LogP contribution in [-0.4, -0.2) is 40.0 Å². The van der Waals surface area contributed by atoms with Gasteiger partial charge in [-0.05, 0) is 80.0 Å². The first-order valence-corrected chi connectivity index (χ1v) is 21.3. The van der Waals surface area contributed by atoms with Gasteiger partial charge in [0.1, 0.15) is 0 Å². The van der Waals surface area contributed by atoms with Crippen molar-refractivity contribution in [1.29, 1.82) is 0 Å². The Morgan fingerprint density at radius 3 is 2.37 bits per heavy atom. The van der Waals surface area contributed by atoms with E-state index in [0.29, 0.717) is 30.3 Å². The average molecular weight is 553 g/mol. The van der Waals surface area contributed by atoms with Crippen LogP contribution in [0.15, 0.2) is 48.1 Å². The summed E-state index contributed by atoms with van der Waals surface area (Å²) in [5.41, 5.74) is 1.97. The third-order valence-corrected chi connectivity index (χ3v) is 16.1. The molecule has 0 amide bonds. The molecule has 1 spiro atoms. The van der Waals surface area contributed by atoms with Crippen LogP contribution in [0.3, 0.4) is 0 Å². The monoisotopic (exact) mass is 552 g/mol. The summed E-state index contributed by atoms with van der Waals surface area (Å²) in [5.74, 6) is 1.71. The molecule has 7 atom stereocenters. The van der Waals surface area contributed by atoms with E-state index in [9.17, 15) is 0 Å². The fraction of sp³-hybridized carbons (Fsp3) is 0.697. The summed E-state index contributed by atoms with van der Waals surface area (Å²) in [6.07, 6.45) is 11.6. The van der Waals surface area contributed by atoms with E-state index in [0.717, 1.165) is 25.7 Å². The molecule has 38 heavy (non-hydrogen) atoms. The smallest absolute Gasteiger partial charge is 0.192 e. The highest BCUT2D eigenvalue weighted by Crippen LogP contribution is 2.70. The van der Waals surface area contributed by atoms with E-state index in [1.165, 1.54) is 11.1 Å². The van der Waals surface area contributed by atoms with Crippen molar-refractivity contribution in [2.45, 2.75) is 115 Å². The Bertz CT molecular complexity index is 1100.